The Bertz CT molecular complexity index is 1380. The summed E-state index contributed by atoms with van der Waals surface area (Å²) in [4.78, 5) is 12.5. The van der Waals surface area contributed by atoms with Gasteiger partial charge in [-0.3, -0.25) is 14.3 Å². The van der Waals surface area contributed by atoms with Gasteiger partial charge in [0, 0.05) is 49.6 Å². The highest BCUT2D eigenvalue weighted by Crippen LogP contribution is 2.32. The van der Waals surface area contributed by atoms with E-state index in [4.69, 9.17) is 21.1 Å². The number of ether oxygens (including phenoxy) is 2. The van der Waals surface area contributed by atoms with Crippen molar-refractivity contribution in [3.05, 3.63) is 65.8 Å². The molecule has 0 fully saturated rings. The summed E-state index contributed by atoms with van der Waals surface area (Å²) in [5.74, 6) is 0.524. The summed E-state index contributed by atoms with van der Waals surface area (Å²) in [5, 5.41) is 10.9. The molecule has 36 heavy (non-hydrogen) atoms. The van der Waals surface area contributed by atoms with Crippen molar-refractivity contribution in [2.24, 2.45) is 0 Å². The Morgan fingerprint density at radius 1 is 1.17 bits per heavy atom. The molecule has 3 aromatic rings. The van der Waals surface area contributed by atoms with Crippen molar-refractivity contribution in [1.82, 2.24) is 35.0 Å². The first-order chi connectivity index (χ1) is 17.3. The zero-order chi connectivity index (χ0) is 25.9. The molecule has 3 atom stereocenters. The Balaban J connectivity index is 1.79. The normalized spacial score (nSPS) is 17.4. The van der Waals surface area contributed by atoms with Crippen molar-refractivity contribution in [3.8, 4) is 11.4 Å². The summed E-state index contributed by atoms with van der Waals surface area (Å²) in [7, 11) is -0.977. The van der Waals surface area contributed by atoms with Crippen LogP contribution < -0.4 is 10.0 Å². The van der Waals surface area contributed by atoms with Crippen molar-refractivity contribution in [3.63, 3.8) is 0 Å². The number of methoxy groups -OCH3 is 2. The molecule has 12 nitrogen and oxygen atoms in total. The van der Waals surface area contributed by atoms with Crippen molar-refractivity contribution in [2.75, 3.05) is 18.9 Å². The highest BCUT2D eigenvalue weighted by molar-refractivity contribution is 7.93. The summed E-state index contributed by atoms with van der Waals surface area (Å²) >= 11 is 5.87. The number of rotatable bonds is 9. The van der Waals surface area contributed by atoms with Crippen LogP contribution in [0.1, 0.15) is 25.6 Å². The molecule has 4 rings (SSSR count). The lowest BCUT2D eigenvalue weighted by molar-refractivity contribution is 0.122. The van der Waals surface area contributed by atoms with Crippen LogP contribution in [0.5, 0.6) is 0 Å². The maximum atomic E-state index is 13.5. The molecule has 0 saturated carbocycles. The third kappa shape index (κ3) is 5.03. The number of dihydropyridines is 1. The highest BCUT2D eigenvalue weighted by atomic mass is 35.5. The number of halogens is 1. The molecule has 0 aromatic carbocycles. The number of allylic oxidation sites excluding steroid dienone is 1. The van der Waals surface area contributed by atoms with Crippen LogP contribution in [-0.2, 0) is 19.5 Å². The summed E-state index contributed by atoms with van der Waals surface area (Å²) < 4.78 is 42.2. The smallest absolute Gasteiger partial charge is 0.243 e. The second-order valence-electron chi connectivity index (χ2n) is 7.89. The number of sulfonamides is 1. The van der Waals surface area contributed by atoms with Gasteiger partial charge in [0.05, 0.1) is 17.4 Å². The minimum Gasteiger partial charge on any atom is -0.495 e. The third-order valence-corrected chi connectivity index (χ3v) is 7.79. The van der Waals surface area contributed by atoms with Gasteiger partial charge in [-0.1, -0.05) is 18.5 Å². The fourth-order valence-electron chi connectivity index (χ4n) is 3.60. The monoisotopic (exact) mass is 532 g/mol. The molecule has 0 bridgehead atoms. The van der Waals surface area contributed by atoms with Crippen LogP contribution in [0.2, 0.25) is 5.02 Å². The molecule has 0 radical (unpaired) electrons. The molecule has 1 unspecified atom stereocenters. The average molecular weight is 533 g/mol. The minimum atomic E-state index is -3.99. The second-order valence-corrected chi connectivity index (χ2v) is 10.4. The first kappa shape index (κ1) is 25.5. The Hall–Kier alpha value is -3.55. The van der Waals surface area contributed by atoms with E-state index in [0.717, 1.165) is 0 Å². The zero-order valence-electron chi connectivity index (χ0n) is 20.0. The Labute approximate surface area is 213 Å². The summed E-state index contributed by atoms with van der Waals surface area (Å²) in [6, 6.07) is 3.53. The highest BCUT2D eigenvalue weighted by Gasteiger charge is 2.34. The second kappa shape index (κ2) is 10.6. The molecule has 3 aromatic heterocycles. The third-order valence-electron chi connectivity index (χ3n) is 5.74. The van der Waals surface area contributed by atoms with Gasteiger partial charge in [0.2, 0.25) is 16.0 Å². The van der Waals surface area contributed by atoms with Crippen molar-refractivity contribution in [1.29, 1.82) is 0 Å². The van der Waals surface area contributed by atoms with Gasteiger partial charge < -0.3 is 14.8 Å². The van der Waals surface area contributed by atoms with Crippen LogP contribution in [0.4, 0.5) is 5.95 Å². The Kier molecular flexibility index (Phi) is 7.52. The summed E-state index contributed by atoms with van der Waals surface area (Å²) in [5.41, 5.74) is 1.06. The van der Waals surface area contributed by atoms with E-state index >= 15 is 0 Å². The van der Waals surface area contributed by atoms with Gasteiger partial charge in [0.25, 0.3) is 0 Å². The minimum absolute atomic E-state index is 0.0476. The molecule has 190 valence electrons. The maximum Gasteiger partial charge on any atom is 0.243 e. The molecule has 0 spiro atoms. The first-order valence-electron chi connectivity index (χ1n) is 10.9. The summed E-state index contributed by atoms with van der Waals surface area (Å²) in [6.07, 6.45) is 8.76. The number of hydrogen-bond donors (Lipinski definition) is 2. The molecule has 14 heteroatoms. The SMILES string of the molecule is COC1=C(n2c(NS(=O)(=O)[C@@H](C)[C@H](C)c3ncc(Cl)cn3)nnc2-c2cccnc2)C(OC)NC=C1. The molecule has 4 heterocycles. The quantitative estimate of drug-likeness (QED) is 0.421. The first-order valence-corrected chi connectivity index (χ1v) is 12.8. The molecule has 2 N–H and O–H groups in total. The number of hydrogen-bond acceptors (Lipinski definition) is 10. The van der Waals surface area contributed by atoms with E-state index in [0.29, 0.717) is 33.7 Å². The number of aromatic nitrogens is 6. The topological polar surface area (TPSA) is 146 Å². The average Bonchev–Trinajstić information content (AvgIpc) is 3.30. The Morgan fingerprint density at radius 3 is 2.56 bits per heavy atom. The lowest BCUT2D eigenvalue weighted by Crippen LogP contribution is -2.35. The maximum absolute atomic E-state index is 13.5. The largest absolute Gasteiger partial charge is 0.495 e. The van der Waals surface area contributed by atoms with E-state index in [1.165, 1.54) is 31.2 Å². The van der Waals surface area contributed by atoms with Gasteiger partial charge in [-0.05, 0) is 25.1 Å². The van der Waals surface area contributed by atoms with Crippen molar-refractivity contribution < 1.29 is 17.9 Å². The molecular weight excluding hydrogens is 508 g/mol. The summed E-state index contributed by atoms with van der Waals surface area (Å²) in [6.45, 7) is 3.29. The van der Waals surface area contributed by atoms with Gasteiger partial charge in [-0.15, -0.1) is 10.2 Å². The van der Waals surface area contributed by atoms with E-state index in [-0.39, 0.29) is 5.95 Å². The van der Waals surface area contributed by atoms with E-state index in [1.54, 1.807) is 50.6 Å². The van der Waals surface area contributed by atoms with E-state index < -0.39 is 27.4 Å². The van der Waals surface area contributed by atoms with Gasteiger partial charge in [0.15, 0.2) is 12.1 Å². The van der Waals surface area contributed by atoms with Gasteiger partial charge in [-0.2, -0.15) is 0 Å². The van der Waals surface area contributed by atoms with E-state index in [1.807, 2.05) is 0 Å². The number of anilines is 1. The fraction of sp³-hybridized carbons (Fsp3) is 0.318. The zero-order valence-corrected chi connectivity index (χ0v) is 21.5. The molecule has 1 aliphatic heterocycles. The number of nitrogens with zero attached hydrogens (tertiary/aromatic N) is 6. The van der Waals surface area contributed by atoms with Crippen LogP contribution in [0, 0.1) is 0 Å². The Morgan fingerprint density at radius 2 is 1.92 bits per heavy atom. The molecule has 0 amide bonds. The van der Waals surface area contributed by atoms with E-state index in [9.17, 15) is 8.42 Å². The van der Waals surface area contributed by atoms with Crippen LogP contribution >= 0.6 is 11.6 Å². The predicted octanol–water partition coefficient (Wildman–Crippen LogP) is 2.62. The fourth-order valence-corrected chi connectivity index (χ4v) is 4.93. The van der Waals surface area contributed by atoms with E-state index in [2.05, 4.69) is 35.2 Å². The molecule has 1 aliphatic rings. The van der Waals surface area contributed by atoms with Crippen molar-refractivity contribution >= 4 is 33.3 Å². The number of nitrogens with one attached hydrogen (secondary N) is 2. The van der Waals surface area contributed by atoms with Gasteiger partial charge in [0.1, 0.15) is 17.3 Å². The van der Waals surface area contributed by atoms with Crippen LogP contribution in [-0.4, -0.2) is 63.8 Å². The van der Waals surface area contributed by atoms with Crippen molar-refractivity contribution in [2.45, 2.75) is 31.2 Å². The lowest BCUT2D eigenvalue weighted by Gasteiger charge is -2.27. The molecular formula is C22H25ClN8O4S. The lowest BCUT2D eigenvalue weighted by atomic mass is 10.1. The van der Waals surface area contributed by atoms with Crippen LogP contribution in [0.25, 0.3) is 17.1 Å². The van der Waals surface area contributed by atoms with Crippen LogP contribution in [0.3, 0.4) is 0 Å². The van der Waals surface area contributed by atoms with Gasteiger partial charge in [-0.25, -0.2) is 18.4 Å². The van der Waals surface area contributed by atoms with Crippen LogP contribution in [0.15, 0.2) is 55.0 Å². The molecule has 0 saturated heterocycles. The predicted molar refractivity (Wildman–Crippen MR) is 134 cm³/mol. The number of pyridine rings is 1. The van der Waals surface area contributed by atoms with Gasteiger partial charge >= 0.3 is 0 Å². The molecule has 0 aliphatic carbocycles. The standard InChI is InChI=1S/C22H25ClN8O4S/c1-13(19-26-11-16(23)12-27-19)14(2)36(32,33)30-22-29-28-20(15-6-5-8-24-10-15)31(22)18-17(34-3)7-9-25-21(18)35-4/h5-14,21,25H,1-4H3,(H,29,30)/t13-,14-,21?/m0/s1.